The molecule has 0 aliphatic heterocycles. The maximum absolute atomic E-state index is 12.0. The van der Waals surface area contributed by atoms with Gasteiger partial charge in [0, 0.05) is 11.4 Å². The van der Waals surface area contributed by atoms with Gasteiger partial charge in [0.15, 0.2) is 5.13 Å². The van der Waals surface area contributed by atoms with Crippen LogP contribution in [0.25, 0.3) is 0 Å². The number of hydrogen-bond acceptors (Lipinski definition) is 5. The lowest BCUT2D eigenvalue weighted by molar-refractivity contribution is -0.139. The number of thiazole rings is 1. The molecule has 0 saturated carbocycles. The van der Waals surface area contributed by atoms with Crippen LogP contribution in [0.15, 0.2) is 35.7 Å². The van der Waals surface area contributed by atoms with Crippen molar-refractivity contribution in [3.63, 3.8) is 0 Å². The summed E-state index contributed by atoms with van der Waals surface area (Å²) in [7, 11) is 1.33. The maximum Gasteiger partial charge on any atom is 0.321 e. The largest absolute Gasteiger partial charge is 0.469 e. The van der Waals surface area contributed by atoms with Crippen LogP contribution in [-0.2, 0) is 22.4 Å². The molecular weight excluding hydrogens is 326 g/mol. The van der Waals surface area contributed by atoms with Crippen LogP contribution in [-0.4, -0.2) is 30.1 Å². The first-order valence-electron chi connectivity index (χ1n) is 7.69. The molecule has 0 bridgehead atoms. The van der Waals surface area contributed by atoms with Crippen molar-refractivity contribution in [2.75, 3.05) is 12.4 Å². The summed E-state index contributed by atoms with van der Waals surface area (Å²) in [6, 6.07) is 9.90. The van der Waals surface area contributed by atoms with E-state index in [2.05, 4.69) is 32.5 Å². The van der Waals surface area contributed by atoms with Gasteiger partial charge >= 0.3 is 12.0 Å². The Bertz CT molecular complexity index is 673. The van der Waals surface area contributed by atoms with Crippen molar-refractivity contribution in [3.8, 4) is 0 Å². The third kappa shape index (κ3) is 6.00. The molecule has 0 radical (unpaired) electrons. The molecule has 1 atom stereocenters. The molecule has 0 saturated heterocycles. The Morgan fingerprint density at radius 2 is 2.04 bits per heavy atom. The minimum absolute atomic E-state index is 0.0414. The molecule has 2 amide bonds. The summed E-state index contributed by atoms with van der Waals surface area (Å²) in [5.41, 5.74) is 1.83. The summed E-state index contributed by atoms with van der Waals surface area (Å²) >= 11 is 1.28. The van der Waals surface area contributed by atoms with E-state index in [-0.39, 0.29) is 24.5 Å². The predicted molar refractivity (Wildman–Crippen MR) is 94.2 cm³/mol. The Kier molecular flexibility index (Phi) is 6.74. The first-order chi connectivity index (χ1) is 11.6. The van der Waals surface area contributed by atoms with Gasteiger partial charge in [0.1, 0.15) is 0 Å². The lowest BCUT2D eigenvalue weighted by Crippen LogP contribution is -2.36. The number of nitrogens with one attached hydrogen (secondary N) is 2. The van der Waals surface area contributed by atoms with Crippen molar-refractivity contribution in [2.24, 2.45) is 0 Å². The van der Waals surface area contributed by atoms with Gasteiger partial charge < -0.3 is 10.1 Å². The first kappa shape index (κ1) is 17.9. The van der Waals surface area contributed by atoms with E-state index in [1.165, 1.54) is 24.0 Å². The third-order valence-electron chi connectivity index (χ3n) is 3.41. The number of rotatable bonds is 7. The van der Waals surface area contributed by atoms with Gasteiger partial charge in [0.05, 0.1) is 19.2 Å². The van der Waals surface area contributed by atoms with E-state index in [9.17, 15) is 9.59 Å². The number of aryl methyl sites for hydroxylation is 1. The van der Waals surface area contributed by atoms with E-state index in [1.54, 1.807) is 5.38 Å². The Balaban J connectivity index is 1.75. The van der Waals surface area contributed by atoms with Crippen LogP contribution < -0.4 is 10.6 Å². The van der Waals surface area contributed by atoms with Crippen LogP contribution in [0, 0.1) is 0 Å². The van der Waals surface area contributed by atoms with Crippen LogP contribution in [0.1, 0.15) is 24.6 Å². The minimum atomic E-state index is -0.356. The first-order valence-corrected chi connectivity index (χ1v) is 8.57. The second-order valence-corrected chi connectivity index (χ2v) is 6.28. The van der Waals surface area contributed by atoms with Gasteiger partial charge in [-0.1, -0.05) is 30.3 Å². The SMILES string of the molecule is COC(=O)Cc1csc(NC(=O)N[C@H](C)CCc2ccccc2)n1. The molecule has 2 aromatic rings. The van der Waals surface area contributed by atoms with Crippen LogP contribution in [0.3, 0.4) is 0 Å². The Morgan fingerprint density at radius 1 is 1.29 bits per heavy atom. The lowest BCUT2D eigenvalue weighted by atomic mass is 10.1. The van der Waals surface area contributed by atoms with Gasteiger partial charge in [0.2, 0.25) is 0 Å². The molecule has 1 aromatic heterocycles. The average Bonchev–Trinajstić information content (AvgIpc) is 3.00. The van der Waals surface area contributed by atoms with Crippen LogP contribution >= 0.6 is 11.3 Å². The molecule has 1 aromatic carbocycles. The average molecular weight is 347 g/mol. The molecule has 0 fully saturated rings. The number of amides is 2. The van der Waals surface area contributed by atoms with E-state index in [1.807, 2.05) is 25.1 Å². The number of ether oxygens (including phenoxy) is 1. The standard InChI is InChI=1S/C17H21N3O3S/c1-12(8-9-13-6-4-3-5-7-13)18-16(22)20-17-19-14(11-24-17)10-15(21)23-2/h3-7,11-12H,8-10H2,1-2H3,(H2,18,19,20,22)/t12-/m1/s1. The molecular formula is C17H21N3O3S. The quantitative estimate of drug-likeness (QED) is 0.755. The van der Waals surface area contributed by atoms with Crippen molar-refractivity contribution in [3.05, 3.63) is 47.0 Å². The fraction of sp³-hybridized carbons (Fsp3) is 0.353. The molecule has 2 rings (SSSR count). The zero-order valence-corrected chi connectivity index (χ0v) is 14.6. The number of benzene rings is 1. The Hall–Kier alpha value is -2.41. The zero-order chi connectivity index (χ0) is 17.4. The number of aromatic nitrogens is 1. The summed E-state index contributed by atoms with van der Waals surface area (Å²) < 4.78 is 4.59. The van der Waals surface area contributed by atoms with Gasteiger partial charge in [-0.3, -0.25) is 10.1 Å². The molecule has 24 heavy (non-hydrogen) atoms. The molecule has 128 valence electrons. The highest BCUT2D eigenvalue weighted by Crippen LogP contribution is 2.16. The number of methoxy groups -OCH3 is 1. The van der Waals surface area contributed by atoms with E-state index in [0.29, 0.717) is 10.8 Å². The number of carbonyl (C=O) groups excluding carboxylic acids is 2. The maximum atomic E-state index is 12.0. The number of urea groups is 1. The van der Waals surface area contributed by atoms with E-state index in [0.717, 1.165) is 12.8 Å². The van der Waals surface area contributed by atoms with E-state index in [4.69, 9.17) is 0 Å². The van der Waals surface area contributed by atoms with E-state index >= 15 is 0 Å². The molecule has 2 N–H and O–H groups in total. The zero-order valence-electron chi connectivity index (χ0n) is 13.7. The van der Waals surface area contributed by atoms with Gasteiger partial charge in [-0.05, 0) is 25.3 Å². The third-order valence-corrected chi connectivity index (χ3v) is 4.22. The normalized spacial score (nSPS) is 11.6. The van der Waals surface area contributed by atoms with Gasteiger partial charge in [-0.2, -0.15) is 0 Å². The molecule has 7 heteroatoms. The number of hydrogen-bond donors (Lipinski definition) is 2. The van der Waals surface area contributed by atoms with Gasteiger partial charge in [-0.15, -0.1) is 11.3 Å². The topological polar surface area (TPSA) is 80.3 Å². The molecule has 0 aliphatic carbocycles. The number of carbonyl (C=O) groups is 2. The molecule has 6 nitrogen and oxygen atoms in total. The van der Waals surface area contributed by atoms with Crippen molar-refractivity contribution in [1.82, 2.24) is 10.3 Å². The highest BCUT2D eigenvalue weighted by molar-refractivity contribution is 7.13. The number of nitrogens with zero attached hydrogens (tertiary/aromatic N) is 1. The van der Waals surface area contributed by atoms with Crippen LogP contribution in [0.5, 0.6) is 0 Å². The molecule has 0 unspecified atom stereocenters. The molecule has 0 aliphatic rings. The highest BCUT2D eigenvalue weighted by Gasteiger charge is 2.11. The summed E-state index contributed by atoms with van der Waals surface area (Å²) in [4.78, 5) is 27.3. The Morgan fingerprint density at radius 3 is 2.75 bits per heavy atom. The highest BCUT2D eigenvalue weighted by atomic mass is 32.1. The lowest BCUT2D eigenvalue weighted by Gasteiger charge is -2.13. The molecule has 1 heterocycles. The van der Waals surface area contributed by atoms with Crippen molar-refractivity contribution >= 4 is 28.5 Å². The number of esters is 1. The monoisotopic (exact) mass is 347 g/mol. The van der Waals surface area contributed by atoms with Crippen molar-refractivity contribution in [1.29, 1.82) is 0 Å². The van der Waals surface area contributed by atoms with Crippen molar-refractivity contribution in [2.45, 2.75) is 32.2 Å². The predicted octanol–water partition coefficient (Wildman–Crippen LogP) is 3.00. The summed E-state index contributed by atoms with van der Waals surface area (Å²) in [5, 5.41) is 7.76. The minimum Gasteiger partial charge on any atom is -0.469 e. The Labute approximate surface area is 145 Å². The summed E-state index contributed by atoms with van der Waals surface area (Å²) in [6.45, 7) is 1.97. The van der Waals surface area contributed by atoms with Gasteiger partial charge in [0.25, 0.3) is 0 Å². The van der Waals surface area contributed by atoms with Crippen LogP contribution in [0.4, 0.5) is 9.93 Å². The van der Waals surface area contributed by atoms with Crippen molar-refractivity contribution < 1.29 is 14.3 Å². The van der Waals surface area contributed by atoms with Crippen LogP contribution in [0.2, 0.25) is 0 Å². The second kappa shape index (κ2) is 9.02. The molecule has 0 spiro atoms. The summed E-state index contributed by atoms with van der Waals surface area (Å²) in [6.07, 6.45) is 1.86. The second-order valence-electron chi connectivity index (χ2n) is 5.42. The fourth-order valence-electron chi connectivity index (χ4n) is 2.12. The summed E-state index contributed by atoms with van der Waals surface area (Å²) in [5.74, 6) is -0.356. The smallest absolute Gasteiger partial charge is 0.321 e. The fourth-order valence-corrected chi connectivity index (χ4v) is 2.83. The van der Waals surface area contributed by atoms with Gasteiger partial charge in [-0.25, -0.2) is 9.78 Å². The van der Waals surface area contributed by atoms with E-state index < -0.39 is 0 Å². The number of anilines is 1.